The van der Waals surface area contributed by atoms with Gasteiger partial charge in [0.1, 0.15) is 0 Å². The van der Waals surface area contributed by atoms with E-state index in [1.807, 2.05) is 0 Å². The lowest BCUT2D eigenvalue weighted by Crippen LogP contribution is -2.03. The van der Waals surface area contributed by atoms with Crippen molar-refractivity contribution in [2.75, 3.05) is 6.26 Å². The second kappa shape index (κ2) is 5.53. The maximum absolute atomic E-state index is 11.9. The molecule has 0 N–H and O–H groups in total. The van der Waals surface area contributed by atoms with E-state index in [2.05, 4.69) is 6.07 Å². The highest BCUT2D eigenvalue weighted by Gasteiger charge is 2.23. The summed E-state index contributed by atoms with van der Waals surface area (Å²) in [6.45, 7) is 0. The van der Waals surface area contributed by atoms with Gasteiger partial charge < -0.3 is 0 Å². The molecule has 0 heterocycles. The fourth-order valence-electron chi connectivity index (χ4n) is 1.95. The van der Waals surface area contributed by atoms with Gasteiger partial charge in [-0.25, -0.2) is 8.42 Å². The van der Waals surface area contributed by atoms with E-state index in [4.69, 9.17) is 0 Å². The number of hydrogen-bond acceptors (Lipinski definition) is 6. The average molecular weight is 321 g/mol. The summed E-state index contributed by atoms with van der Waals surface area (Å²) in [7, 11) is -3.82. The third kappa shape index (κ3) is 2.93. The predicted molar refractivity (Wildman–Crippen MR) is 77.1 cm³/mol. The van der Waals surface area contributed by atoms with Crippen LogP contribution in [0.5, 0.6) is 0 Å². The topological polar surface area (TPSA) is 120 Å². The SMILES string of the molecule is CS(=O)(=O)c1cc([N+](=O)[O-])ccc1-c1cc[c]cc1[N+](=O)[O-]. The Labute approximate surface area is 125 Å². The van der Waals surface area contributed by atoms with Crippen LogP contribution in [0.1, 0.15) is 0 Å². The van der Waals surface area contributed by atoms with Crippen LogP contribution in [-0.2, 0) is 9.84 Å². The summed E-state index contributed by atoms with van der Waals surface area (Å²) in [6.07, 6.45) is 0.885. The zero-order valence-corrected chi connectivity index (χ0v) is 12.0. The van der Waals surface area contributed by atoms with Crippen molar-refractivity contribution in [3.8, 4) is 11.1 Å². The maximum atomic E-state index is 11.9. The summed E-state index contributed by atoms with van der Waals surface area (Å²) in [6, 6.07) is 9.58. The molecule has 0 saturated heterocycles. The van der Waals surface area contributed by atoms with E-state index in [9.17, 15) is 28.6 Å². The van der Waals surface area contributed by atoms with Crippen molar-refractivity contribution in [1.29, 1.82) is 0 Å². The van der Waals surface area contributed by atoms with E-state index in [0.29, 0.717) is 0 Å². The fourth-order valence-corrected chi connectivity index (χ4v) is 2.87. The summed E-state index contributed by atoms with van der Waals surface area (Å²) in [5.41, 5.74) is -0.650. The molecular weight excluding hydrogens is 312 g/mol. The summed E-state index contributed by atoms with van der Waals surface area (Å²) < 4.78 is 23.8. The zero-order valence-electron chi connectivity index (χ0n) is 11.2. The Bertz CT molecular complexity index is 876. The Kier molecular flexibility index (Phi) is 3.91. The van der Waals surface area contributed by atoms with Crippen molar-refractivity contribution >= 4 is 21.2 Å². The summed E-state index contributed by atoms with van der Waals surface area (Å²) in [5, 5.41) is 21.9. The Balaban J connectivity index is 2.82. The van der Waals surface area contributed by atoms with Crippen LogP contribution in [-0.4, -0.2) is 24.5 Å². The molecule has 0 unspecified atom stereocenters. The van der Waals surface area contributed by atoms with Crippen molar-refractivity contribution in [1.82, 2.24) is 0 Å². The average Bonchev–Trinajstić information content (AvgIpc) is 2.45. The van der Waals surface area contributed by atoms with Gasteiger partial charge in [0.15, 0.2) is 9.84 Å². The summed E-state index contributed by atoms with van der Waals surface area (Å²) in [4.78, 5) is 20.1. The van der Waals surface area contributed by atoms with Crippen LogP contribution in [0.25, 0.3) is 11.1 Å². The lowest BCUT2D eigenvalue weighted by molar-refractivity contribution is -0.385. The molecule has 2 aromatic rings. The van der Waals surface area contributed by atoms with Crippen LogP contribution in [0.2, 0.25) is 0 Å². The number of nitro benzene ring substituents is 2. The van der Waals surface area contributed by atoms with Gasteiger partial charge in [0, 0.05) is 30.0 Å². The second-order valence-electron chi connectivity index (χ2n) is 4.41. The fraction of sp³-hybridized carbons (Fsp3) is 0.0769. The van der Waals surface area contributed by atoms with E-state index in [1.54, 1.807) is 0 Å². The van der Waals surface area contributed by atoms with E-state index >= 15 is 0 Å². The van der Waals surface area contributed by atoms with Gasteiger partial charge in [-0.2, -0.15) is 0 Å². The highest BCUT2D eigenvalue weighted by molar-refractivity contribution is 7.90. The predicted octanol–water partition coefficient (Wildman–Crippen LogP) is 2.37. The molecule has 0 spiro atoms. The second-order valence-corrected chi connectivity index (χ2v) is 6.39. The maximum Gasteiger partial charge on any atom is 0.277 e. The van der Waals surface area contributed by atoms with Gasteiger partial charge in [0.05, 0.1) is 20.3 Å². The van der Waals surface area contributed by atoms with Gasteiger partial charge in [0.2, 0.25) is 0 Å². The molecule has 9 heteroatoms. The van der Waals surface area contributed by atoms with E-state index < -0.39 is 25.4 Å². The van der Waals surface area contributed by atoms with E-state index in [1.165, 1.54) is 18.2 Å². The number of nitrogens with zero attached hydrogens (tertiary/aromatic N) is 2. The number of benzene rings is 2. The van der Waals surface area contributed by atoms with Crippen molar-refractivity contribution in [2.24, 2.45) is 0 Å². The molecule has 113 valence electrons. The van der Waals surface area contributed by atoms with Crippen molar-refractivity contribution < 1.29 is 18.3 Å². The van der Waals surface area contributed by atoms with Gasteiger partial charge in [0.25, 0.3) is 11.4 Å². The summed E-state index contributed by atoms with van der Waals surface area (Å²) >= 11 is 0. The lowest BCUT2D eigenvalue weighted by atomic mass is 10.0. The minimum Gasteiger partial charge on any atom is -0.258 e. The number of nitro groups is 2. The van der Waals surface area contributed by atoms with Crippen molar-refractivity contribution in [3.05, 3.63) is 62.7 Å². The molecule has 8 nitrogen and oxygen atoms in total. The monoisotopic (exact) mass is 321 g/mol. The molecule has 0 aliphatic carbocycles. The molecule has 0 aliphatic rings. The van der Waals surface area contributed by atoms with Gasteiger partial charge in [-0.3, -0.25) is 20.2 Å². The number of non-ortho nitro benzene ring substituents is 1. The highest BCUT2D eigenvalue weighted by Crippen LogP contribution is 2.35. The first-order chi connectivity index (χ1) is 10.2. The number of sulfone groups is 1. The van der Waals surface area contributed by atoms with Crippen LogP contribution in [0.4, 0.5) is 11.4 Å². The molecule has 0 bridgehead atoms. The molecule has 0 aromatic heterocycles. The Hall–Kier alpha value is -2.81. The smallest absolute Gasteiger partial charge is 0.258 e. The molecule has 0 amide bonds. The largest absolute Gasteiger partial charge is 0.277 e. The first kappa shape index (κ1) is 15.6. The number of rotatable bonds is 4. The first-order valence-corrected chi connectivity index (χ1v) is 7.74. The lowest BCUT2D eigenvalue weighted by Gasteiger charge is -2.08. The highest BCUT2D eigenvalue weighted by atomic mass is 32.2. The van der Waals surface area contributed by atoms with Crippen LogP contribution in [0, 0.1) is 26.3 Å². The molecule has 2 aromatic carbocycles. The molecule has 0 saturated carbocycles. The van der Waals surface area contributed by atoms with Gasteiger partial charge >= 0.3 is 0 Å². The minimum atomic E-state index is -3.82. The van der Waals surface area contributed by atoms with E-state index in [0.717, 1.165) is 24.5 Å². The van der Waals surface area contributed by atoms with Crippen LogP contribution < -0.4 is 0 Å². The quantitative estimate of drug-likeness (QED) is 0.629. The number of hydrogen-bond donors (Lipinski definition) is 0. The Morgan fingerprint density at radius 2 is 1.73 bits per heavy atom. The Morgan fingerprint density at radius 1 is 1.05 bits per heavy atom. The van der Waals surface area contributed by atoms with Crippen LogP contribution in [0.15, 0.2) is 41.3 Å². The third-order valence-electron chi connectivity index (χ3n) is 2.90. The molecule has 2 rings (SSSR count). The normalized spacial score (nSPS) is 11.1. The molecule has 22 heavy (non-hydrogen) atoms. The molecule has 0 fully saturated rings. The molecular formula is C13H9N2O6S. The van der Waals surface area contributed by atoms with Gasteiger partial charge in [-0.15, -0.1) is 0 Å². The first-order valence-electron chi connectivity index (χ1n) is 5.85. The standard InChI is InChI=1S/C13H9N2O6S/c1-22(20,21)13-8-9(14(16)17)6-7-11(13)10-4-2-3-5-12(10)15(18)19/h2,4-8H,1H3. The van der Waals surface area contributed by atoms with Crippen LogP contribution >= 0.6 is 0 Å². The van der Waals surface area contributed by atoms with E-state index in [-0.39, 0.29) is 21.7 Å². The summed E-state index contributed by atoms with van der Waals surface area (Å²) in [5.74, 6) is 0. The van der Waals surface area contributed by atoms with Gasteiger partial charge in [-0.1, -0.05) is 6.07 Å². The van der Waals surface area contributed by atoms with Crippen molar-refractivity contribution in [3.63, 3.8) is 0 Å². The minimum absolute atomic E-state index is 0.0359. The van der Waals surface area contributed by atoms with Crippen LogP contribution in [0.3, 0.4) is 0 Å². The Morgan fingerprint density at radius 3 is 2.27 bits per heavy atom. The molecule has 1 radical (unpaired) electrons. The zero-order chi connectivity index (χ0) is 16.5. The third-order valence-corrected chi connectivity index (χ3v) is 4.04. The molecule has 0 atom stereocenters. The molecule has 0 aliphatic heterocycles. The van der Waals surface area contributed by atoms with Gasteiger partial charge in [-0.05, 0) is 18.2 Å². The van der Waals surface area contributed by atoms with Crippen molar-refractivity contribution in [2.45, 2.75) is 4.90 Å².